The third-order valence-corrected chi connectivity index (χ3v) is 2.66. The molecule has 1 amide bonds. The van der Waals surface area contributed by atoms with Crippen molar-refractivity contribution in [2.24, 2.45) is 0 Å². The summed E-state index contributed by atoms with van der Waals surface area (Å²) in [5.41, 5.74) is 0. The molecule has 2 saturated heterocycles. The van der Waals surface area contributed by atoms with Crippen LogP contribution in [-0.2, 0) is 4.74 Å². The van der Waals surface area contributed by atoms with Crippen LogP contribution >= 0.6 is 0 Å². The lowest BCUT2D eigenvalue weighted by Crippen LogP contribution is -2.44. The predicted octanol–water partition coefficient (Wildman–Crippen LogP) is 0.581. The Labute approximate surface area is 78.2 Å². The highest BCUT2D eigenvalue weighted by atomic mass is 16.6. The lowest BCUT2D eigenvalue weighted by molar-refractivity contribution is 0.0698. The van der Waals surface area contributed by atoms with Crippen LogP contribution in [0.4, 0.5) is 4.79 Å². The topological polar surface area (TPSA) is 41.6 Å². The minimum absolute atomic E-state index is 0.139. The lowest BCUT2D eigenvalue weighted by Gasteiger charge is -2.28. The SMILES string of the molecule is O=C1OCCCN1CC1CCCN1. The Balaban J connectivity index is 1.81. The second kappa shape index (κ2) is 3.96. The highest BCUT2D eigenvalue weighted by Gasteiger charge is 2.24. The van der Waals surface area contributed by atoms with E-state index in [0.717, 1.165) is 26.1 Å². The van der Waals surface area contributed by atoms with E-state index in [0.29, 0.717) is 12.6 Å². The predicted molar refractivity (Wildman–Crippen MR) is 48.6 cm³/mol. The molecule has 0 aromatic rings. The first-order valence-corrected chi connectivity index (χ1v) is 5.01. The maximum Gasteiger partial charge on any atom is 0.409 e. The molecule has 2 heterocycles. The van der Waals surface area contributed by atoms with E-state index in [-0.39, 0.29) is 6.09 Å². The zero-order chi connectivity index (χ0) is 9.10. The van der Waals surface area contributed by atoms with E-state index in [1.54, 1.807) is 0 Å². The van der Waals surface area contributed by atoms with Crippen molar-refractivity contribution in [3.63, 3.8) is 0 Å². The molecule has 2 rings (SSSR count). The van der Waals surface area contributed by atoms with Crippen LogP contribution in [-0.4, -0.2) is 43.3 Å². The van der Waals surface area contributed by atoms with Crippen molar-refractivity contribution < 1.29 is 9.53 Å². The number of carbonyl (C=O) groups is 1. The van der Waals surface area contributed by atoms with Crippen LogP contribution in [0.25, 0.3) is 0 Å². The number of cyclic esters (lactones) is 1. The van der Waals surface area contributed by atoms with Crippen LogP contribution in [0.3, 0.4) is 0 Å². The molecule has 4 heteroatoms. The minimum Gasteiger partial charge on any atom is -0.449 e. The molecule has 0 radical (unpaired) electrons. The van der Waals surface area contributed by atoms with Crippen LogP contribution in [0.2, 0.25) is 0 Å². The number of ether oxygens (including phenoxy) is 1. The molecule has 1 N–H and O–H groups in total. The van der Waals surface area contributed by atoms with Gasteiger partial charge in [-0.2, -0.15) is 0 Å². The van der Waals surface area contributed by atoms with Gasteiger partial charge in [0, 0.05) is 19.1 Å². The molecule has 74 valence electrons. The molecule has 0 bridgehead atoms. The van der Waals surface area contributed by atoms with E-state index in [1.165, 1.54) is 12.8 Å². The molecular formula is C9H16N2O2. The fraction of sp³-hybridized carbons (Fsp3) is 0.889. The van der Waals surface area contributed by atoms with Crippen molar-refractivity contribution in [3.05, 3.63) is 0 Å². The Morgan fingerprint density at radius 2 is 2.46 bits per heavy atom. The zero-order valence-electron chi connectivity index (χ0n) is 7.79. The molecule has 1 atom stereocenters. The van der Waals surface area contributed by atoms with Gasteiger partial charge in [-0.1, -0.05) is 0 Å². The number of hydrogen-bond acceptors (Lipinski definition) is 3. The molecule has 13 heavy (non-hydrogen) atoms. The van der Waals surface area contributed by atoms with Gasteiger partial charge in [0.05, 0.1) is 6.61 Å². The Bertz CT molecular complexity index is 190. The molecule has 4 nitrogen and oxygen atoms in total. The first-order valence-electron chi connectivity index (χ1n) is 5.01. The number of nitrogens with zero attached hydrogens (tertiary/aromatic N) is 1. The fourth-order valence-electron chi connectivity index (χ4n) is 1.94. The highest BCUT2D eigenvalue weighted by molar-refractivity contribution is 5.68. The van der Waals surface area contributed by atoms with Gasteiger partial charge in [0.25, 0.3) is 0 Å². The number of rotatable bonds is 2. The molecular weight excluding hydrogens is 168 g/mol. The van der Waals surface area contributed by atoms with Crippen molar-refractivity contribution in [1.82, 2.24) is 10.2 Å². The first kappa shape index (κ1) is 8.81. The van der Waals surface area contributed by atoms with E-state index < -0.39 is 0 Å². The van der Waals surface area contributed by atoms with E-state index in [2.05, 4.69) is 5.32 Å². The largest absolute Gasteiger partial charge is 0.449 e. The normalized spacial score (nSPS) is 29.1. The van der Waals surface area contributed by atoms with Gasteiger partial charge in [-0.05, 0) is 25.8 Å². The number of hydrogen-bond donors (Lipinski definition) is 1. The molecule has 1 unspecified atom stereocenters. The molecule has 0 aliphatic carbocycles. The third kappa shape index (κ3) is 2.12. The smallest absolute Gasteiger partial charge is 0.409 e. The quantitative estimate of drug-likeness (QED) is 0.682. The molecule has 2 fully saturated rings. The monoisotopic (exact) mass is 184 g/mol. The second-order valence-electron chi connectivity index (χ2n) is 3.71. The van der Waals surface area contributed by atoms with Gasteiger partial charge >= 0.3 is 6.09 Å². The zero-order valence-corrected chi connectivity index (χ0v) is 7.79. The number of nitrogens with one attached hydrogen (secondary N) is 1. The Morgan fingerprint density at radius 3 is 3.15 bits per heavy atom. The van der Waals surface area contributed by atoms with Gasteiger partial charge in [0.2, 0.25) is 0 Å². The van der Waals surface area contributed by atoms with Crippen molar-refractivity contribution >= 4 is 6.09 Å². The van der Waals surface area contributed by atoms with Crippen LogP contribution in [0.1, 0.15) is 19.3 Å². The van der Waals surface area contributed by atoms with E-state index in [9.17, 15) is 4.79 Å². The van der Waals surface area contributed by atoms with Crippen LogP contribution in [0, 0.1) is 0 Å². The Kier molecular flexibility index (Phi) is 2.68. The summed E-state index contributed by atoms with van der Waals surface area (Å²) in [7, 11) is 0. The standard InChI is InChI=1S/C9H16N2O2/c12-9-11(5-2-6-13-9)7-8-3-1-4-10-8/h8,10H,1-7H2. The summed E-state index contributed by atoms with van der Waals surface area (Å²) in [5, 5.41) is 3.37. The van der Waals surface area contributed by atoms with Gasteiger partial charge < -0.3 is 15.0 Å². The summed E-state index contributed by atoms with van der Waals surface area (Å²) in [6.45, 7) is 3.36. The van der Waals surface area contributed by atoms with Gasteiger partial charge in [-0.25, -0.2) is 4.79 Å². The molecule has 0 spiro atoms. The van der Waals surface area contributed by atoms with Gasteiger partial charge in [-0.15, -0.1) is 0 Å². The Morgan fingerprint density at radius 1 is 1.54 bits per heavy atom. The molecule has 2 aliphatic rings. The van der Waals surface area contributed by atoms with E-state index in [4.69, 9.17) is 4.74 Å². The summed E-state index contributed by atoms with van der Waals surface area (Å²) in [4.78, 5) is 13.1. The maximum absolute atomic E-state index is 11.3. The van der Waals surface area contributed by atoms with Crippen molar-refractivity contribution in [3.8, 4) is 0 Å². The molecule has 2 aliphatic heterocycles. The molecule has 0 saturated carbocycles. The van der Waals surface area contributed by atoms with Crippen LogP contribution in [0.15, 0.2) is 0 Å². The lowest BCUT2D eigenvalue weighted by atomic mass is 10.2. The summed E-state index contributed by atoms with van der Waals surface area (Å²) in [6.07, 6.45) is 3.25. The molecule has 0 aromatic heterocycles. The maximum atomic E-state index is 11.3. The van der Waals surface area contributed by atoms with E-state index >= 15 is 0 Å². The molecule has 0 aromatic carbocycles. The second-order valence-corrected chi connectivity index (χ2v) is 3.71. The van der Waals surface area contributed by atoms with Gasteiger partial charge in [-0.3, -0.25) is 0 Å². The van der Waals surface area contributed by atoms with Crippen molar-refractivity contribution in [2.75, 3.05) is 26.2 Å². The van der Waals surface area contributed by atoms with Crippen molar-refractivity contribution in [1.29, 1.82) is 0 Å². The van der Waals surface area contributed by atoms with Crippen LogP contribution < -0.4 is 5.32 Å². The number of amides is 1. The number of carbonyl (C=O) groups excluding carboxylic acids is 1. The minimum atomic E-state index is -0.139. The van der Waals surface area contributed by atoms with E-state index in [1.807, 2.05) is 4.90 Å². The van der Waals surface area contributed by atoms with Gasteiger partial charge in [0.15, 0.2) is 0 Å². The average Bonchev–Trinajstić information content (AvgIpc) is 2.61. The van der Waals surface area contributed by atoms with Crippen molar-refractivity contribution in [2.45, 2.75) is 25.3 Å². The first-order chi connectivity index (χ1) is 6.36. The summed E-state index contributed by atoms with van der Waals surface area (Å²) in [5.74, 6) is 0. The Hall–Kier alpha value is -0.770. The third-order valence-electron chi connectivity index (χ3n) is 2.66. The van der Waals surface area contributed by atoms with Gasteiger partial charge in [0.1, 0.15) is 0 Å². The highest BCUT2D eigenvalue weighted by Crippen LogP contribution is 2.10. The summed E-state index contributed by atoms with van der Waals surface area (Å²) in [6, 6.07) is 0.491. The average molecular weight is 184 g/mol. The van der Waals surface area contributed by atoms with Crippen LogP contribution in [0.5, 0.6) is 0 Å². The summed E-state index contributed by atoms with van der Waals surface area (Å²) < 4.78 is 4.96. The summed E-state index contributed by atoms with van der Waals surface area (Å²) >= 11 is 0. The fourth-order valence-corrected chi connectivity index (χ4v) is 1.94.